The SMILES string of the molecule is CCC(C)C(NC(=O)C1CCCN1C(=O)C(N)CCC(N)=O)C(=O)NC(CC(N)=O)C(=O)O. The van der Waals surface area contributed by atoms with Crippen molar-refractivity contribution in [3.8, 4) is 0 Å². The molecular formula is C20H34N6O7. The number of rotatable bonds is 13. The van der Waals surface area contributed by atoms with E-state index >= 15 is 0 Å². The van der Waals surface area contributed by atoms with Gasteiger partial charge in [0.2, 0.25) is 29.5 Å². The Kier molecular flexibility index (Phi) is 10.7. The summed E-state index contributed by atoms with van der Waals surface area (Å²) >= 11 is 0. The first-order valence-corrected chi connectivity index (χ1v) is 10.8. The minimum absolute atomic E-state index is 0.0490. The molecule has 1 saturated heterocycles. The zero-order valence-electron chi connectivity index (χ0n) is 18.9. The first kappa shape index (κ1) is 27.8. The summed E-state index contributed by atoms with van der Waals surface area (Å²) in [6.45, 7) is 3.78. The molecule has 9 N–H and O–H groups in total. The predicted molar refractivity (Wildman–Crippen MR) is 116 cm³/mol. The summed E-state index contributed by atoms with van der Waals surface area (Å²) in [6.07, 6.45) is 0.769. The van der Waals surface area contributed by atoms with Crippen LogP contribution in [-0.4, -0.2) is 76.2 Å². The van der Waals surface area contributed by atoms with Crippen molar-refractivity contribution in [2.45, 2.75) is 76.5 Å². The molecule has 186 valence electrons. The van der Waals surface area contributed by atoms with Gasteiger partial charge >= 0.3 is 5.97 Å². The van der Waals surface area contributed by atoms with Crippen LogP contribution in [0.15, 0.2) is 0 Å². The number of hydrogen-bond donors (Lipinski definition) is 6. The van der Waals surface area contributed by atoms with Gasteiger partial charge in [0, 0.05) is 13.0 Å². The first-order chi connectivity index (χ1) is 15.4. The number of hydrogen-bond acceptors (Lipinski definition) is 7. The molecule has 0 aromatic heterocycles. The Labute approximate surface area is 191 Å². The lowest BCUT2D eigenvalue weighted by Crippen LogP contribution is -2.58. The zero-order chi connectivity index (χ0) is 25.3. The highest BCUT2D eigenvalue weighted by Gasteiger charge is 2.38. The van der Waals surface area contributed by atoms with Crippen molar-refractivity contribution in [3.05, 3.63) is 0 Å². The third-order valence-corrected chi connectivity index (χ3v) is 5.67. The van der Waals surface area contributed by atoms with Gasteiger partial charge in [0.1, 0.15) is 18.1 Å². The first-order valence-electron chi connectivity index (χ1n) is 10.8. The van der Waals surface area contributed by atoms with Crippen molar-refractivity contribution in [1.82, 2.24) is 15.5 Å². The van der Waals surface area contributed by atoms with Crippen LogP contribution in [0.2, 0.25) is 0 Å². The van der Waals surface area contributed by atoms with Gasteiger partial charge in [0.15, 0.2) is 0 Å². The number of carbonyl (C=O) groups is 6. The van der Waals surface area contributed by atoms with Crippen molar-refractivity contribution in [3.63, 3.8) is 0 Å². The molecule has 1 rings (SSSR count). The zero-order valence-corrected chi connectivity index (χ0v) is 18.9. The van der Waals surface area contributed by atoms with Gasteiger partial charge in [0.05, 0.1) is 12.5 Å². The van der Waals surface area contributed by atoms with Crippen molar-refractivity contribution >= 4 is 35.5 Å². The monoisotopic (exact) mass is 470 g/mol. The van der Waals surface area contributed by atoms with Gasteiger partial charge in [-0.1, -0.05) is 20.3 Å². The Morgan fingerprint density at radius 3 is 2.24 bits per heavy atom. The number of nitrogens with zero attached hydrogens (tertiary/aromatic N) is 1. The van der Waals surface area contributed by atoms with E-state index in [1.165, 1.54) is 4.90 Å². The number of nitrogens with two attached hydrogens (primary N) is 3. The smallest absolute Gasteiger partial charge is 0.326 e. The van der Waals surface area contributed by atoms with Crippen LogP contribution in [0.1, 0.15) is 52.4 Å². The number of carbonyl (C=O) groups excluding carboxylic acids is 5. The highest BCUT2D eigenvalue weighted by molar-refractivity contribution is 5.95. The van der Waals surface area contributed by atoms with Gasteiger partial charge in [0.25, 0.3) is 0 Å². The van der Waals surface area contributed by atoms with Crippen molar-refractivity contribution in [2.75, 3.05) is 6.54 Å². The fraction of sp³-hybridized carbons (Fsp3) is 0.700. The summed E-state index contributed by atoms with van der Waals surface area (Å²) < 4.78 is 0. The fourth-order valence-electron chi connectivity index (χ4n) is 3.55. The van der Waals surface area contributed by atoms with Gasteiger partial charge < -0.3 is 37.8 Å². The molecule has 0 aromatic rings. The third kappa shape index (κ3) is 8.33. The predicted octanol–water partition coefficient (Wildman–Crippen LogP) is -2.45. The number of primary amides is 2. The van der Waals surface area contributed by atoms with E-state index in [0.29, 0.717) is 25.8 Å². The molecule has 13 heteroatoms. The van der Waals surface area contributed by atoms with E-state index in [1.807, 2.05) is 0 Å². The van der Waals surface area contributed by atoms with Gasteiger partial charge in [-0.15, -0.1) is 0 Å². The second-order valence-corrected chi connectivity index (χ2v) is 8.24. The number of nitrogens with one attached hydrogen (secondary N) is 2. The molecule has 0 radical (unpaired) electrons. The molecule has 1 aliphatic rings. The number of carboxylic acid groups (broad SMARTS) is 1. The third-order valence-electron chi connectivity index (χ3n) is 5.67. The second kappa shape index (κ2) is 12.7. The molecule has 1 heterocycles. The van der Waals surface area contributed by atoms with Crippen LogP contribution in [0.25, 0.3) is 0 Å². The van der Waals surface area contributed by atoms with Crippen LogP contribution in [0.4, 0.5) is 0 Å². The van der Waals surface area contributed by atoms with E-state index in [2.05, 4.69) is 10.6 Å². The second-order valence-electron chi connectivity index (χ2n) is 8.24. The lowest BCUT2D eigenvalue weighted by atomic mass is 9.97. The molecule has 5 unspecified atom stereocenters. The normalized spacial score (nSPS) is 19.1. The largest absolute Gasteiger partial charge is 0.480 e. The number of aliphatic carboxylic acids is 1. The Balaban J connectivity index is 2.93. The van der Waals surface area contributed by atoms with Gasteiger partial charge in [-0.25, -0.2) is 4.79 Å². The maximum Gasteiger partial charge on any atom is 0.326 e. The number of likely N-dealkylation sites (tertiary alicyclic amines) is 1. The molecular weight excluding hydrogens is 436 g/mol. The Bertz CT molecular complexity index is 774. The fourth-order valence-corrected chi connectivity index (χ4v) is 3.55. The average molecular weight is 471 g/mol. The highest BCUT2D eigenvalue weighted by Crippen LogP contribution is 2.20. The van der Waals surface area contributed by atoms with Crippen LogP contribution in [0.3, 0.4) is 0 Å². The number of carboxylic acids is 1. The molecule has 0 aliphatic carbocycles. The Hall–Kier alpha value is -3.22. The van der Waals surface area contributed by atoms with E-state index in [-0.39, 0.29) is 18.8 Å². The molecule has 33 heavy (non-hydrogen) atoms. The molecule has 1 aliphatic heterocycles. The average Bonchev–Trinajstić information content (AvgIpc) is 3.23. The van der Waals surface area contributed by atoms with E-state index in [9.17, 15) is 33.9 Å². The Morgan fingerprint density at radius 1 is 1.09 bits per heavy atom. The topological polar surface area (TPSA) is 228 Å². The minimum atomic E-state index is -1.54. The van der Waals surface area contributed by atoms with Crippen LogP contribution in [-0.2, 0) is 28.8 Å². The van der Waals surface area contributed by atoms with Crippen LogP contribution >= 0.6 is 0 Å². The molecule has 5 atom stereocenters. The summed E-state index contributed by atoms with van der Waals surface area (Å²) in [5, 5.41) is 14.1. The standard InChI is InChI=1S/C20H34N6O7/c1-3-10(2)16(18(30)24-12(20(32)33)9-15(23)28)25-17(29)13-5-4-8-26(13)19(31)11(21)6-7-14(22)27/h10-13,16H,3-9,21H2,1-2H3,(H2,22,27)(H2,23,28)(H,24,30)(H,25,29)(H,32,33). The molecule has 0 saturated carbocycles. The highest BCUT2D eigenvalue weighted by atomic mass is 16.4. The summed E-state index contributed by atoms with van der Waals surface area (Å²) in [5.74, 6) is -5.15. The van der Waals surface area contributed by atoms with Gasteiger partial charge in [-0.05, 0) is 25.2 Å². The summed E-state index contributed by atoms with van der Waals surface area (Å²) in [6, 6.07) is -4.49. The van der Waals surface area contributed by atoms with E-state index < -0.39 is 66.1 Å². The Morgan fingerprint density at radius 2 is 1.73 bits per heavy atom. The van der Waals surface area contributed by atoms with Crippen LogP contribution in [0, 0.1) is 5.92 Å². The van der Waals surface area contributed by atoms with E-state index in [1.54, 1.807) is 13.8 Å². The lowest BCUT2D eigenvalue weighted by molar-refractivity contribution is -0.144. The molecule has 0 aromatic carbocycles. The van der Waals surface area contributed by atoms with Gasteiger partial charge in [-0.3, -0.25) is 24.0 Å². The van der Waals surface area contributed by atoms with E-state index in [0.717, 1.165) is 0 Å². The van der Waals surface area contributed by atoms with Crippen LogP contribution < -0.4 is 27.8 Å². The molecule has 0 spiro atoms. The summed E-state index contributed by atoms with van der Waals surface area (Å²) in [5.41, 5.74) is 16.0. The van der Waals surface area contributed by atoms with Crippen LogP contribution in [0.5, 0.6) is 0 Å². The molecule has 5 amide bonds. The maximum absolute atomic E-state index is 13.0. The lowest BCUT2D eigenvalue weighted by Gasteiger charge is -2.30. The van der Waals surface area contributed by atoms with E-state index in [4.69, 9.17) is 17.2 Å². The molecule has 13 nitrogen and oxygen atoms in total. The number of amides is 5. The quantitative estimate of drug-likeness (QED) is 0.169. The van der Waals surface area contributed by atoms with Crippen molar-refractivity contribution < 1.29 is 33.9 Å². The molecule has 0 bridgehead atoms. The summed E-state index contributed by atoms with van der Waals surface area (Å²) in [7, 11) is 0. The summed E-state index contributed by atoms with van der Waals surface area (Å²) in [4.78, 5) is 73.2. The van der Waals surface area contributed by atoms with Crippen molar-refractivity contribution in [1.29, 1.82) is 0 Å². The minimum Gasteiger partial charge on any atom is -0.480 e. The molecule has 1 fully saturated rings. The van der Waals surface area contributed by atoms with Gasteiger partial charge in [-0.2, -0.15) is 0 Å². The van der Waals surface area contributed by atoms with Crippen molar-refractivity contribution in [2.24, 2.45) is 23.1 Å². The maximum atomic E-state index is 13.0.